The van der Waals surface area contributed by atoms with Crippen LogP contribution < -0.4 is 0 Å². The first-order valence-corrected chi connectivity index (χ1v) is 43.2. The molecule has 0 aliphatic heterocycles. The van der Waals surface area contributed by atoms with Crippen LogP contribution in [0.15, 0.2) is 425 Å². The molecule has 0 spiro atoms. The summed E-state index contributed by atoms with van der Waals surface area (Å²) in [5.74, 6) is 5.76. The topological polar surface area (TPSA) is 131 Å². The number of benzene rings is 17. The maximum atomic E-state index is 5.10. The summed E-state index contributed by atoms with van der Waals surface area (Å²) >= 11 is 3.68. The highest BCUT2D eigenvalue weighted by Gasteiger charge is 2.24. The molecule has 0 atom stereocenters. The van der Waals surface area contributed by atoms with Crippen molar-refractivity contribution < 1.29 is 0 Å². The molecule has 0 saturated carbocycles. The second kappa shape index (κ2) is 31.6. The van der Waals surface area contributed by atoms with Gasteiger partial charge in [0.25, 0.3) is 0 Å². The lowest BCUT2D eigenvalue weighted by molar-refractivity contribution is 0.953. The average Bonchev–Trinajstić information content (AvgIpc) is 1.58. The fraction of sp³-hybridized carbons (Fsp3) is 0. The highest BCUT2D eigenvalue weighted by atomic mass is 32.1. The second-order valence-corrected chi connectivity index (χ2v) is 32.9. The van der Waals surface area contributed by atoms with Crippen LogP contribution in [0.5, 0.6) is 0 Å². The van der Waals surface area contributed by atoms with Crippen molar-refractivity contribution in [2.24, 2.45) is 0 Å². The summed E-state index contributed by atoms with van der Waals surface area (Å²) < 4.78 is 11.9. The molecule has 14 heteroatoms. The quantitative estimate of drug-likeness (QED) is 0.117. The van der Waals surface area contributed by atoms with Crippen molar-refractivity contribution in [1.82, 2.24) is 58.6 Å². The van der Waals surface area contributed by atoms with Crippen LogP contribution in [-0.4, -0.2) is 58.6 Å². The van der Waals surface area contributed by atoms with Crippen LogP contribution in [0, 0.1) is 0 Å². The molecule has 0 amide bonds. The Hall–Kier alpha value is -16.4. The maximum absolute atomic E-state index is 5.10. The molecule has 25 aromatic rings. The number of thiophene rings is 2. The third kappa shape index (κ3) is 13.7. The molecule has 0 N–H and O–H groups in total. The fourth-order valence-electron chi connectivity index (χ4n) is 17.2. The average molecular weight is 1640 g/mol. The molecule has 8 heterocycles. The Kier molecular flexibility index (Phi) is 18.7. The van der Waals surface area contributed by atoms with E-state index in [2.05, 4.69) is 250 Å². The third-order valence-electron chi connectivity index (χ3n) is 23.2. The zero-order chi connectivity index (χ0) is 82.7. The summed E-state index contributed by atoms with van der Waals surface area (Å²) in [6.45, 7) is 0. The van der Waals surface area contributed by atoms with E-state index in [4.69, 9.17) is 44.9 Å². The van der Waals surface area contributed by atoms with E-state index in [-0.39, 0.29) is 0 Å². The molecule has 0 aliphatic carbocycles. The summed E-state index contributed by atoms with van der Waals surface area (Å²) in [4.78, 5) is 44.8. The Morgan fingerprint density at radius 2 is 0.408 bits per heavy atom. The smallest absolute Gasteiger partial charge is 0.238 e. The van der Waals surface area contributed by atoms with E-state index in [1.54, 1.807) is 0 Å². The van der Waals surface area contributed by atoms with E-state index in [1.165, 1.54) is 84.0 Å². The largest absolute Gasteiger partial charge is 0.309 e. The van der Waals surface area contributed by atoms with Gasteiger partial charge in [-0.15, -0.1) is 22.7 Å². The van der Waals surface area contributed by atoms with Gasteiger partial charge in [-0.05, 0) is 113 Å². The molecule has 25 rings (SSSR count). The molecule has 17 aromatic carbocycles. The molecule has 0 bridgehead atoms. The van der Waals surface area contributed by atoms with E-state index in [1.807, 2.05) is 211 Å². The van der Waals surface area contributed by atoms with Crippen LogP contribution in [0.2, 0.25) is 0 Å². The van der Waals surface area contributed by atoms with Gasteiger partial charge in [-0.3, -0.25) is 9.13 Å². The van der Waals surface area contributed by atoms with Crippen molar-refractivity contribution in [3.05, 3.63) is 425 Å². The van der Waals surface area contributed by atoms with Crippen molar-refractivity contribution in [2.75, 3.05) is 0 Å². The molecular weight excluding hydrogens is 1570 g/mol. The molecule has 586 valence electrons. The van der Waals surface area contributed by atoms with Gasteiger partial charge in [0.1, 0.15) is 0 Å². The second-order valence-electron chi connectivity index (χ2n) is 30.8. The van der Waals surface area contributed by atoms with Crippen molar-refractivity contribution in [2.45, 2.75) is 0 Å². The number of nitrogens with zero attached hydrogens (tertiary/aromatic N) is 12. The summed E-state index contributed by atoms with van der Waals surface area (Å²) in [5, 5.41) is 12.4. The maximum Gasteiger partial charge on any atom is 0.238 e. The van der Waals surface area contributed by atoms with Gasteiger partial charge in [0.15, 0.2) is 40.8 Å². The van der Waals surface area contributed by atoms with Crippen LogP contribution in [0.25, 0.3) is 225 Å². The van der Waals surface area contributed by atoms with Crippen LogP contribution in [0.4, 0.5) is 0 Å². The Balaban J connectivity index is 0.000000108. The third-order valence-corrected chi connectivity index (χ3v) is 25.4. The predicted octanol–water partition coefficient (Wildman–Crippen LogP) is 28.6. The SMILES string of the molecule is c1ccc(-c2ccc3c(c2)c2ccc(-c4ccccc4)cc2n3-c2nc(-c3ccccc3)nc(-c3ccccc3)n2)cc1.c1ccc(-c2nc(-c3ccccc3)nc(-c3ccc(-n4c5ccccc5c5cc6c(cc54)sc4ccccc46)cc3)n2)cc1.c1ccc(-c2nc(-c3ccccc3)nc(-n3c4ccccc4c4cc5c(cc43)sc3ccccc35)n2)cc1. The molecule has 125 heavy (non-hydrogen) atoms. The van der Waals surface area contributed by atoms with E-state index in [9.17, 15) is 0 Å². The van der Waals surface area contributed by atoms with Crippen LogP contribution in [0.1, 0.15) is 0 Å². The predicted molar refractivity (Wildman–Crippen MR) is 517 cm³/mol. The molecule has 0 saturated heterocycles. The summed E-state index contributed by atoms with van der Waals surface area (Å²) in [7, 11) is 0. The van der Waals surface area contributed by atoms with Gasteiger partial charge in [-0.25, -0.2) is 24.9 Å². The minimum absolute atomic E-state index is 0.588. The zero-order valence-corrected chi connectivity index (χ0v) is 68.7. The molecule has 0 fully saturated rings. The summed E-state index contributed by atoms with van der Waals surface area (Å²) in [6.07, 6.45) is 0. The lowest BCUT2D eigenvalue weighted by atomic mass is 10.0. The normalized spacial score (nSPS) is 11.5. The van der Waals surface area contributed by atoms with Gasteiger partial charge in [-0.1, -0.05) is 334 Å². The van der Waals surface area contributed by atoms with Crippen molar-refractivity contribution in [3.8, 4) is 120 Å². The van der Waals surface area contributed by atoms with E-state index < -0.39 is 0 Å². The fourth-order valence-corrected chi connectivity index (χ4v) is 19.5. The van der Waals surface area contributed by atoms with Gasteiger partial charge in [0, 0.05) is 117 Å². The van der Waals surface area contributed by atoms with Gasteiger partial charge >= 0.3 is 0 Å². The standard InChI is InChI=1S/C39H24N4S.C39H26N4.C33H20N4S/c1-3-11-25(12-4-1)37-40-38(26-13-5-2-6-14-26)42-39(41-37)27-19-21-28(22-20-27)43-33-17-9-7-15-29(33)31-23-32-30-16-8-10-18-35(30)44-36(32)24-34(31)43;1-5-13-27(14-6-1)31-22-24-35-34(25-31)33-23-21-32(28-15-7-2-8-16-28)26-36(33)43(35)39-41-37(29-17-9-3-10-18-29)40-38(42-39)30-19-11-4-12-20-30;1-3-11-21(12-4-1)31-34-32(22-13-5-2-6-14-22)36-33(35-31)37-27-17-9-7-15-23(27)25-19-26-24-16-8-10-18-29(24)38-30(26)20-28(25)37/h1-24H;1-26H;1-20H. The number of hydrogen-bond donors (Lipinski definition) is 0. The zero-order valence-electron chi connectivity index (χ0n) is 67.1. The Bertz CT molecular complexity index is 8200. The van der Waals surface area contributed by atoms with Crippen molar-refractivity contribution >= 4 is 128 Å². The van der Waals surface area contributed by atoms with Crippen molar-refractivity contribution in [3.63, 3.8) is 0 Å². The molecule has 0 radical (unpaired) electrons. The lowest BCUT2D eigenvalue weighted by Gasteiger charge is -2.11. The Morgan fingerprint density at radius 3 is 0.800 bits per heavy atom. The Labute approximate surface area is 726 Å². The van der Waals surface area contributed by atoms with E-state index in [0.29, 0.717) is 52.7 Å². The first-order chi connectivity index (χ1) is 61.9. The van der Waals surface area contributed by atoms with Crippen LogP contribution >= 0.6 is 22.7 Å². The summed E-state index contributed by atoms with van der Waals surface area (Å²) in [6, 6.07) is 147. The van der Waals surface area contributed by atoms with Crippen molar-refractivity contribution in [1.29, 1.82) is 0 Å². The van der Waals surface area contributed by atoms with E-state index >= 15 is 0 Å². The van der Waals surface area contributed by atoms with E-state index in [0.717, 1.165) is 88.6 Å². The van der Waals surface area contributed by atoms with Crippen LogP contribution in [-0.2, 0) is 0 Å². The Morgan fingerprint density at radius 1 is 0.144 bits per heavy atom. The minimum Gasteiger partial charge on any atom is -0.309 e. The first-order valence-electron chi connectivity index (χ1n) is 41.6. The molecule has 12 nitrogen and oxygen atoms in total. The number of fused-ring (bicyclic) bond motifs is 15. The molecule has 0 unspecified atom stereocenters. The molecular formula is C111H70N12S2. The number of para-hydroxylation sites is 2. The minimum atomic E-state index is 0.588. The first kappa shape index (κ1) is 73.7. The van der Waals surface area contributed by atoms with Gasteiger partial charge in [-0.2, -0.15) is 19.9 Å². The number of rotatable bonds is 12. The molecule has 8 aromatic heterocycles. The number of aromatic nitrogens is 12. The van der Waals surface area contributed by atoms with Crippen LogP contribution in [0.3, 0.4) is 0 Å². The summed E-state index contributed by atoms with van der Waals surface area (Å²) in [5.41, 5.74) is 19.1. The lowest BCUT2D eigenvalue weighted by Crippen LogP contribution is -2.06. The van der Waals surface area contributed by atoms with Gasteiger partial charge < -0.3 is 4.57 Å². The highest BCUT2D eigenvalue weighted by molar-refractivity contribution is 7.26. The number of hydrogen-bond acceptors (Lipinski definition) is 11. The highest BCUT2D eigenvalue weighted by Crippen LogP contribution is 2.45. The molecule has 0 aliphatic rings. The monoisotopic (exact) mass is 1630 g/mol. The van der Waals surface area contributed by atoms with Gasteiger partial charge in [0.05, 0.1) is 33.1 Å². The van der Waals surface area contributed by atoms with Gasteiger partial charge in [0.2, 0.25) is 11.9 Å².